The van der Waals surface area contributed by atoms with Crippen LogP contribution in [-0.2, 0) is 10.0 Å². The predicted molar refractivity (Wildman–Crippen MR) is 111 cm³/mol. The van der Waals surface area contributed by atoms with Gasteiger partial charge in [-0.05, 0) is 48.1 Å². The van der Waals surface area contributed by atoms with Crippen molar-refractivity contribution in [1.29, 1.82) is 0 Å². The van der Waals surface area contributed by atoms with E-state index in [1.54, 1.807) is 24.3 Å². The van der Waals surface area contributed by atoms with Crippen molar-refractivity contribution in [2.45, 2.75) is 25.2 Å². The van der Waals surface area contributed by atoms with E-state index in [0.29, 0.717) is 17.3 Å². The van der Waals surface area contributed by atoms with Gasteiger partial charge in [-0.3, -0.25) is 4.72 Å². The zero-order chi connectivity index (χ0) is 19.8. The van der Waals surface area contributed by atoms with E-state index in [-0.39, 0.29) is 11.4 Å². The van der Waals surface area contributed by atoms with Crippen molar-refractivity contribution >= 4 is 27.4 Å². The van der Waals surface area contributed by atoms with Gasteiger partial charge in [-0.1, -0.05) is 36.8 Å². The molecule has 1 unspecified atom stereocenters. The topological polar surface area (TPSA) is 78.5 Å². The number of nitrogens with one attached hydrogen (secondary N) is 2. The third-order valence-electron chi connectivity index (χ3n) is 5.93. The lowest BCUT2D eigenvalue weighted by molar-refractivity contribution is 0.125. The summed E-state index contributed by atoms with van der Waals surface area (Å²) in [7, 11) is -3.31. The van der Waals surface area contributed by atoms with Crippen LogP contribution in [0.15, 0.2) is 54.6 Å². The van der Waals surface area contributed by atoms with Crippen LogP contribution in [0.25, 0.3) is 0 Å². The van der Waals surface area contributed by atoms with Crippen LogP contribution in [0.1, 0.15) is 30.7 Å². The molecule has 2 amide bonds. The second-order valence-corrected chi connectivity index (χ2v) is 9.69. The van der Waals surface area contributed by atoms with Gasteiger partial charge in [-0.15, -0.1) is 0 Å². The number of rotatable bonds is 4. The number of amides is 2. The van der Waals surface area contributed by atoms with Crippen LogP contribution in [0, 0.1) is 5.41 Å². The Morgan fingerprint density at radius 3 is 2.25 bits per heavy atom. The summed E-state index contributed by atoms with van der Waals surface area (Å²) in [6, 6.07) is 17.1. The number of carbonyl (C=O) groups is 1. The van der Waals surface area contributed by atoms with E-state index in [1.165, 1.54) is 24.8 Å². The molecule has 1 saturated carbocycles. The van der Waals surface area contributed by atoms with Crippen molar-refractivity contribution < 1.29 is 13.2 Å². The second kappa shape index (κ2) is 7.13. The third-order valence-corrected chi connectivity index (χ3v) is 6.53. The van der Waals surface area contributed by atoms with Gasteiger partial charge in [-0.25, -0.2) is 13.2 Å². The van der Waals surface area contributed by atoms with Gasteiger partial charge in [0.05, 0.1) is 6.26 Å². The number of hydrogen-bond acceptors (Lipinski definition) is 3. The lowest BCUT2D eigenvalue weighted by Crippen LogP contribution is -2.39. The Morgan fingerprint density at radius 1 is 1.04 bits per heavy atom. The summed E-state index contributed by atoms with van der Waals surface area (Å²) in [6.07, 6.45) is 4.67. The Hall–Kier alpha value is -2.54. The SMILES string of the molecule is CS(=O)(=O)Nc1ccc(NC(=O)N2CC(c3ccccc3)C3(CCC3)C2)cc1. The summed E-state index contributed by atoms with van der Waals surface area (Å²) in [5.74, 6) is 0.384. The largest absolute Gasteiger partial charge is 0.323 e. The average molecular weight is 400 g/mol. The Kier molecular flexibility index (Phi) is 4.79. The van der Waals surface area contributed by atoms with E-state index < -0.39 is 10.0 Å². The molecule has 7 heteroatoms. The van der Waals surface area contributed by atoms with Gasteiger partial charge in [-0.2, -0.15) is 0 Å². The Labute approximate surface area is 166 Å². The predicted octanol–water partition coefficient (Wildman–Crippen LogP) is 3.86. The van der Waals surface area contributed by atoms with Gasteiger partial charge in [0.25, 0.3) is 0 Å². The Balaban J connectivity index is 1.44. The minimum atomic E-state index is -3.31. The number of likely N-dealkylation sites (tertiary alicyclic amines) is 1. The first-order chi connectivity index (χ1) is 13.3. The molecule has 1 aliphatic carbocycles. The minimum Gasteiger partial charge on any atom is -0.323 e. The lowest BCUT2D eigenvalue weighted by atomic mass is 9.61. The maximum atomic E-state index is 12.8. The highest BCUT2D eigenvalue weighted by molar-refractivity contribution is 7.92. The Morgan fingerprint density at radius 2 is 1.68 bits per heavy atom. The zero-order valence-electron chi connectivity index (χ0n) is 15.9. The van der Waals surface area contributed by atoms with E-state index >= 15 is 0 Å². The van der Waals surface area contributed by atoms with Crippen LogP contribution in [0.2, 0.25) is 0 Å². The van der Waals surface area contributed by atoms with Crippen LogP contribution >= 0.6 is 0 Å². The molecular weight excluding hydrogens is 374 g/mol. The minimum absolute atomic E-state index is 0.103. The number of nitrogens with zero attached hydrogens (tertiary/aromatic N) is 1. The zero-order valence-corrected chi connectivity index (χ0v) is 16.7. The number of urea groups is 1. The summed E-state index contributed by atoms with van der Waals surface area (Å²) in [6.45, 7) is 1.51. The highest BCUT2D eigenvalue weighted by Gasteiger charge is 2.51. The summed E-state index contributed by atoms with van der Waals surface area (Å²) < 4.78 is 25.0. The lowest BCUT2D eigenvalue weighted by Gasteiger charge is -2.43. The van der Waals surface area contributed by atoms with E-state index in [2.05, 4.69) is 34.3 Å². The number of sulfonamides is 1. The Bertz CT molecular complexity index is 954. The van der Waals surface area contributed by atoms with E-state index in [4.69, 9.17) is 0 Å². The van der Waals surface area contributed by atoms with Gasteiger partial charge in [0.1, 0.15) is 0 Å². The van der Waals surface area contributed by atoms with Crippen LogP contribution in [-0.4, -0.2) is 38.7 Å². The molecule has 0 aromatic heterocycles. The monoisotopic (exact) mass is 399 g/mol. The number of anilines is 2. The van der Waals surface area contributed by atoms with Crippen LogP contribution in [0.4, 0.5) is 16.2 Å². The van der Waals surface area contributed by atoms with Crippen LogP contribution in [0.3, 0.4) is 0 Å². The summed E-state index contributed by atoms with van der Waals surface area (Å²) >= 11 is 0. The summed E-state index contributed by atoms with van der Waals surface area (Å²) in [5, 5.41) is 2.94. The van der Waals surface area contributed by atoms with E-state index in [0.717, 1.165) is 19.3 Å². The van der Waals surface area contributed by atoms with Gasteiger partial charge < -0.3 is 10.2 Å². The molecule has 0 bridgehead atoms. The molecule has 2 fully saturated rings. The fourth-order valence-electron chi connectivity index (χ4n) is 4.44. The quantitative estimate of drug-likeness (QED) is 0.819. The van der Waals surface area contributed by atoms with E-state index in [9.17, 15) is 13.2 Å². The molecule has 6 nitrogen and oxygen atoms in total. The molecule has 0 radical (unpaired) electrons. The normalized spacial score (nSPS) is 20.6. The molecular formula is C21H25N3O3S. The number of hydrogen-bond donors (Lipinski definition) is 2. The van der Waals surface area contributed by atoms with Gasteiger partial charge in [0, 0.05) is 30.4 Å². The van der Waals surface area contributed by atoms with Gasteiger partial charge >= 0.3 is 6.03 Å². The van der Waals surface area contributed by atoms with Gasteiger partial charge in [0.2, 0.25) is 10.0 Å². The first-order valence-electron chi connectivity index (χ1n) is 9.53. The maximum Gasteiger partial charge on any atom is 0.321 e. The molecule has 2 aromatic rings. The van der Waals surface area contributed by atoms with Crippen molar-refractivity contribution in [1.82, 2.24) is 4.90 Å². The molecule has 4 rings (SSSR count). The van der Waals surface area contributed by atoms with Gasteiger partial charge in [0.15, 0.2) is 0 Å². The van der Waals surface area contributed by atoms with Crippen molar-refractivity contribution in [2.75, 3.05) is 29.4 Å². The van der Waals surface area contributed by atoms with Crippen molar-refractivity contribution in [3.63, 3.8) is 0 Å². The summed E-state index contributed by atoms with van der Waals surface area (Å²) in [5.41, 5.74) is 2.64. The molecule has 1 atom stereocenters. The molecule has 148 valence electrons. The molecule has 2 aliphatic rings. The second-order valence-electron chi connectivity index (χ2n) is 7.94. The molecule has 1 aliphatic heterocycles. The molecule has 1 heterocycles. The van der Waals surface area contributed by atoms with Crippen molar-refractivity contribution in [2.24, 2.45) is 5.41 Å². The van der Waals surface area contributed by atoms with Crippen LogP contribution in [0.5, 0.6) is 0 Å². The highest BCUT2D eigenvalue weighted by atomic mass is 32.2. The molecule has 1 spiro atoms. The van der Waals surface area contributed by atoms with E-state index in [1.807, 2.05) is 11.0 Å². The van der Waals surface area contributed by atoms with Crippen molar-refractivity contribution in [3.05, 3.63) is 60.2 Å². The smallest absolute Gasteiger partial charge is 0.321 e. The van der Waals surface area contributed by atoms with Crippen molar-refractivity contribution in [3.8, 4) is 0 Å². The molecule has 1 saturated heterocycles. The molecule has 2 aromatic carbocycles. The first-order valence-corrected chi connectivity index (χ1v) is 11.4. The average Bonchev–Trinajstić information content (AvgIpc) is 3.04. The highest BCUT2D eigenvalue weighted by Crippen LogP contribution is 2.55. The number of benzene rings is 2. The fourth-order valence-corrected chi connectivity index (χ4v) is 5.01. The third kappa shape index (κ3) is 3.85. The first kappa shape index (κ1) is 18.8. The molecule has 28 heavy (non-hydrogen) atoms. The van der Waals surface area contributed by atoms with Crippen LogP contribution < -0.4 is 10.0 Å². The number of carbonyl (C=O) groups excluding carboxylic acids is 1. The maximum absolute atomic E-state index is 12.8. The summed E-state index contributed by atoms with van der Waals surface area (Å²) in [4.78, 5) is 14.8. The fraction of sp³-hybridized carbons (Fsp3) is 0.381. The standard InChI is InChI=1S/C21H25N3O3S/c1-28(26,27)23-18-10-8-17(9-11-18)22-20(25)24-14-19(16-6-3-2-4-7-16)21(15-24)12-5-13-21/h2-4,6-11,19,23H,5,12-15H2,1H3,(H,22,25). The molecule has 2 N–H and O–H groups in total.